The number of ether oxygens (including phenoxy) is 1. The third-order valence-corrected chi connectivity index (χ3v) is 8.06. The van der Waals surface area contributed by atoms with E-state index in [0.717, 1.165) is 17.4 Å². The molecule has 1 unspecified atom stereocenters. The van der Waals surface area contributed by atoms with Gasteiger partial charge in [0.05, 0.1) is 29.4 Å². The van der Waals surface area contributed by atoms with Crippen LogP contribution in [0.5, 0.6) is 0 Å². The van der Waals surface area contributed by atoms with Crippen LogP contribution in [-0.4, -0.2) is 98.9 Å². The summed E-state index contributed by atoms with van der Waals surface area (Å²) in [7, 11) is -0.798. The minimum Gasteiger partial charge on any atom is -0.379 e. The van der Waals surface area contributed by atoms with Crippen molar-refractivity contribution in [1.82, 2.24) is 14.1 Å². The maximum atomic E-state index is 13.5. The van der Waals surface area contributed by atoms with Crippen molar-refractivity contribution < 1.29 is 27.9 Å². The van der Waals surface area contributed by atoms with Crippen molar-refractivity contribution >= 4 is 27.4 Å². The zero-order valence-electron chi connectivity index (χ0n) is 19.8. The molecule has 2 aliphatic rings. The Morgan fingerprint density at radius 2 is 1.66 bits per heavy atom. The van der Waals surface area contributed by atoms with Crippen LogP contribution in [0.4, 0.5) is 0 Å². The number of nitrogens with zero attached hydrogens (tertiary/aromatic N) is 3. The number of rotatable bonds is 8. The van der Waals surface area contributed by atoms with Gasteiger partial charge in [-0.2, -0.15) is 0 Å². The Kier molecular flexibility index (Phi) is 7.48. The number of sulfonamides is 1. The van der Waals surface area contributed by atoms with Gasteiger partial charge < -0.3 is 14.7 Å². The maximum absolute atomic E-state index is 13.5. The minimum absolute atomic E-state index is 0.00797. The number of benzene rings is 2. The van der Waals surface area contributed by atoms with Crippen LogP contribution in [-0.2, 0) is 19.6 Å². The lowest BCUT2D eigenvalue weighted by Gasteiger charge is -2.29. The molecule has 0 bridgehead atoms. The lowest BCUT2D eigenvalue weighted by molar-refractivity contribution is -0.133. The number of carbonyl (C=O) groups excluding carboxylic acids is 2. The highest BCUT2D eigenvalue weighted by molar-refractivity contribution is 7.89. The number of Topliss-reactive ketones (excluding diaryl/α,β-unsaturated/α-hetero) is 1. The molecule has 2 aromatic rings. The van der Waals surface area contributed by atoms with Gasteiger partial charge in [0, 0.05) is 45.8 Å². The van der Waals surface area contributed by atoms with Crippen molar-refractivity contribution in [3.05, 3.63) is 71.3 Å². The molecule has 1 saturated heterocycles. The fraction of sp³-hybridized carbons (Fsp3) is 0.360. The average molecular weight is 500 g/mol. The molecule has 1 N–H and O–H groups in total. The number of aliphatic hydroxyl groups excluding tert-OH is 1. The van der Waals surface area contributed by atoms with Crippen molar-refractivity contribution in [2.24, 2.45) is 0 Å². The summed E-state index contributed by atoms with van der Waals surface area (Å²) in [4.78, 5) is 30.4. The molecule has 4 rings (SSSR count). The van der Waals surface area contributed by atoms with Crippen LogP contribution in [0.25, 0.3) is 5.70 Å². The van der Waals surface area contributed by atoms with Crippen LogP contribution < -0.4 is 0 Å². The van der Waals surface area contributed by atoms with Gasteiger partial charge >= 0.3 is 0 Å². The first kappa shape index (κ1) is 25.2. The lowest BCUT2D eigenvalue weighted by atomic mass is 9.96. The molecule has 2 aliphatic heterocycles. The summed E-state index contributed by atoms with van der Waals surface area (Å²) in [6.07, 6.45) is -1.60. The van der Waals surface area contributed by atoms with Gasteiger partial charge in [0.1, 0.15) is 0 Å². The van der Waals surface area contributed by atoms with E-state index in [2.05, 4.69) is 4.90 Å². The normalized spacial score (nSPS) is 19.6. The van der Waals surface area contributed by atoms with Crippen molar-refractivity contribution in [1.29, 1.82) is 0 Å². The fourth-order valence-electron chi connectivity index (χ4n) is 4.23. The van der Waals surface area contributed by atoms with Gasteiger partial charge in [-0.3, -0.25) is 14.5 Å². The van der Waals surface area contributed by atoms with Crippen LogP contribution in [0.2, 0.25) is 0 Å². The predicted octanol–water partition coefficient (Wildman–Crippen LogP) is 1.07. The molecule has 186 valence electrons. The Bertz CT molecular complexity index is 1220. The van der Waals surface area contributed by atoms with Crippen LogP contribution in [0, 0.1) is 0 Å². The molecule has 0 spiro atoms. The second-order valence-electron chi connectivity index (χ2n) is 8.62. The van der Waals surface area contributed by atoms with E-state index in [-0.39, 0.29) is 16.0 Å². The predicted molar refractivity (Wildman–Crippen MR) is 130 cm³/mol. The first-order valence-electron chi connectivity index (χ1n) is 11.4. The smallest absolute Gasteiger partial charge is 0.260 e. The molecule has 9 nitrogen and oxygen atoms in total. The molecule has 10 heteroatoms. The van der Waals surface area contributed by atoms with E-state index in [9.17, 15) is 23.1 Å². The Hall–Kier alpha value is -2.89. The molecule has 0 saturated carbocycles. The van der Waals surface area contributed by atoms with Crippen molar-refractivity contribution in [3.8, 4) is 0 Å². The Morgan fingerprint density at radius 3 is 2.26 bits per heavy atom. The van der Waals surface area contributed by atoms with Crippen LogP contribution in [0.1, 0.15) is 15.9 Å². The minimum atomic E-state index is -3.65. The van der Waals surface area contributed by atoms with E-state index >= 15 is 0 Å². The highest BCUT2D eigenvalue weighted by Gasteiger charge is 2.42. The Morgan fingerprint density at radius 1 is 1.03 bits per heavy atom. The molecule has 1 atom stereocenters. The SMILES string of the molecule is CN(C)S(=O)(=O)c1ccc(C(=O)C2=C(c3ccccc3)N(CCN3CCOCC3)C(=O)C2O)cc1. The molecule has 0 radical (unpaired) electrons. The monoisotopic (exact) mass is 499 g/mol. The molecular weight excluding hydrogens is 470 g/mol. The molecule has 2 aromatic carbocycles. The molecule has 2 heterocycles. The van der Waals surface area contributed by atoms with Crippen LogP contribution in [0.15, 0.2) is 65.1 Å². The first-order chi connectivity index (χ1) is 16.7. The fourth-order valence-corrected chi connectivity index (χ4v) is 5.13. The second-order valence-corrected chi connectivity index (χ2v) is 10.8. The van der Waals surface area contributed by atoms with E-state index < -0.39 is 27.8 Å². The second kappa shape index (κ2) is 10.4. The number of hydrogen-bond acceptors (Lipinski definition) is 7. The summed E-state index contributed by atoms with van der Waals surface area (Å²) < 4.78 is 31.2. The van der Waals surface area contributed by atoms with E-state index in [1.54, 1.807) is 24.3 Å². The number of hydrogen-bond donors (Lipinski definition) is 1. The van der Waals surface area contributed by atoms with Gasteiger partial charge in [-0.05, 0) is 29.8 Å². The van der Waals surface area contributed by atoms with Gasteiger partial charge in [-0.25, -0.2) is 12.7 Å². The van der Waals surface area contributed by atoms with E-state index in [1.165, 1.54) is 43.3 Å². The highest BCUT2D eigenvalue weighted by atomic mass is 32.2. The third-order valence-electron chi connectivity index (χ3n) is 6.23. The molecule has 35 heavy (non-hydrogen) atoms. The maximum Gasteiger partial charge on any atom is 0.260 e. The number of amides is 1. The Labute approximate surface area is 205 Å². The molecule has 0 aromatic heterocycles. The molecule has 1 amide bonds. The van der Waals surface area contributed by atoms with Gasteiger partial charge in [0.25, 0.3) is 5.91 Å². The molecular formula is C25H29N3O6S. The van der Waals surface area contributed by atoms with Crippen molar-refractivity contribution in [3.63, 3.8) is 0 Å². The van der Waals surface area contributed by atoms with E-state index in [0.29, 0.717) is 37.6 Å². The van der Waals surface area contributed by atoms with E-state index in [1.807, 2.05) is 6.07 Å². The number of carbonyl (C=O) groups is 2. The zero-order valence-corrected chi connectivity index (χ0v) is 20.6. The van der Waals surface area contributed by atoms with Crippen LogP contribution >= 0.6 is 0 Å². The van der Waals surface area contributed by atoms with Crippen molar-refractivity contribution in [2.75, 3.05) is 53.5 Å². The summed E-state index contributed by atoms with van der Waals surface area (Å²) in [5, 5.41) is 10.9. The largest absolute Gasteiger partial charge is 0.379 e. The number of morpholine rings is 1. The Balaban J connectivity index is 1.70. The zero-order chi connectivity index (χ0) is 25.2. The van der Waals surface area contributed by atoms with Gasteiger partial charge in [0.2, 0.25) is 10.0 Å². The standard InChI is InChI=1S/C25H29N3O6S/c1-26(2)35(32,33)20-10-8-19(9-11-20)23(29)21-22(18-6-4-3-5-7-18)28(25(31)24(21)30)13-12-27-14-16-34-17-15-27/h3-11,24,30H,12-17H2,1-2H3. The summed E-state index contributed by atoms with van der Waals surface area (Å²) in [5.74, 6) is -1.07. The summed E-state index contributed by atoms with van der Waals surface area (Å²) in [6, 6.07) is 14.5. The number of aliphatic hydroxyl groups is 1. The van der Waals surface area contributed by atoms with Gasteiger partial charge in [-0.1, -0.05) is 30.3 Å². The topological polar surface area (TPSA) is 107 Å². The van der Waals surface area contributed by atoms with Gasteiger partial charge in [0.15, 0.2) is 11.9 Å². The third kappa shape index (κ3) is 5.07. The van der Waals surface area contributed by atoms with Gasteiger partial charge in [-0.15, -0.1) is 0 Å². The first-order valence-corrected chi connectivity index (χ1v) is 12.8. The van der Waals surface area contributed by atoms with E-state index in [4.69, 9.17) is 4.74 Å². The average Bonchev–Trinajstić information content (AvgIpc) is 3.13. The highest BCUT2D eigenvalue weighted by Crippen LogP contribution is 2.35. The van der Waals surface area contributed by atoms with Crippen LogP contribution in [0.3, 0.4) is 0 Å². The lowest BCUT2D eigenvalue weighted by Crippen LogP contribution is -2.42. The molecule has 1 fully saturated rings. The number of ketones is 1. The summed E-state index contributed by atoms with van der Waals surface area (Å²) in [5.41, 5.74) is 1.21. The summed E-state index contributed by atoms with van der Waals surface area (Å²) >= 11 is 0. The van der Waals surface area contributed by atoms with Crippen molar-refractivity contribution in [2.45, 2.75) is 11.0 Å². The molecule has 0 aliphatic carbocycles. The summed E-state index contributed by atoms with van der Waals surface area (Å²) in [6.45, 7) is 3.65. The quantitative estimate of drug-likeness (QED) is 0.542.